The van der Waals surface area contributed by atoms with Crippen LogP contribution in [0, 0.1) is 29.1 Å². The average Bonchev–Trinajstić information content (AvgIpc) is 3.31. The molecule has 0 bridgehead atoms. The fourth-order valence-corrected chi connectivity index (χ4v) is 7.66. The first-order valence-electron chi connectivity index (χ1n) is 13.9. The third-order valence-electron chi connectivity index (χ3n) is 9.86. The number of para-hydroxylation sites is 1. The number of allylic oxidation sites excluding steroid dienone is 3. The summed E-state index contributed by atoms with van der Waals surface area (Å²) < 4.78 is 6.33. The normalized spacial score (nSPS) is 43.1. The summed E-state index contributed by atoms with van der Waals surface area (Å²) in [4.78, 5) is 44.5. The van der Waals surface area contributed by atoms with Gasteiger partial charge >= 0.3 is 0 Å². The van der Waals surface area contributed by atoms with Gasteiger partial charge < -0.3 is 20.1 Å². The molecule has 1 spiro atoms. The molecular weight excluding hydrogens is 492 g/mol. The third-order valence-corrected chi connectivity index (χ3v) is 9.86. The molecule has 2 aromatic rings. The maximum atomic E-state index is 14.2. The van der Waals surface area contributed by atoms with Crippen molar-refractivity contribution < 1.29 is 24.2 Å². The molecule has 3 heterocycles. The van der Waals surface area contributed by atoms with E-state index in [1.807, 2.05) is 49.5 Å². The largest absolute Gasteiger partial charge is 0.381 e. The second-order valence-corrected chi connectivity index (χ2v) is 12.1. The molecule has 2 saturated heterocycles. The Morgan fingerprint density at radius 3 is 2.69 bits per heavy atom. The first-order chi connectivity index (χ1) is 18.6. The summed E-state index contributed by atoms with van der Waals surface area (Å²) >= 11 is 0. The van der Waals surface area contributed by atoms with E-state index in [2.05, 4.69) is 30.2 Å². The van der Waals surface area contributed by atoms with E-state index in [1.54, 1.807) is 6.92 Å². The van der Waals surface area contributed by atoms with Gasteiger partial charge in [-0.3, -0.25) is 14.4 Å². The number of nitrogens with one attached hydrogen (secondary N) is 2. The number of aliphatic hydroxyl groups excluding tert-OH is 1. The molecule has 4 aliphatic rings. The monoisotopic (exact) mass is 528 g/mol. The van der Waals surface area contributed by atoms with Gasteiger partial charge in [0, 0.05) is 35.0 Å². The minimum Gasteiger partial charge on any atom is -0.381 e. The first-order valence-corrected chi connectivity index (χ1v) is 13.9. The van der Waals surface area contributed by atoms with Crippen molar-refractivity contribution in [2.45, 2.75) is 64.4 Å². The molecule has 1 aromatic carbocycles. The third kappa shape index (κ3) is 3.81. The van der Waals surface area contributed by atoms with Crippen molar-refractivity contribution in [3.63, 3.8) is 0 Å². The highest BCUT2D eigenvalue weighted by atomic mass is 16.6. The molecule has 204 valence electrons. The van der Waals surface area contributed by atoms with Crippen molar-refractivity contribution >= 4 is 28.4 Å². The van der Waals surface area contributed by atoms with Gasteiger partial charge in [-0.2, -0.15) is 0 Å². The van der Waals surface area contributed by atoms with Crippen molar-refractivity contribution in [2.24, 2.45) is 29.1 Å². The van der Waals surface area contributed by atoms with Gasteiger partial charge in [-0.1, -0.05) is 50.3 Å². The van der Waals surface area contributed by atoms with Crippen LogP contribution in [0.5, 0.6) is 0 Å². The smallest absolute Gasteiger partial charge is 0.235 e. The number of epoxide rings is 1. The predicted octanol–water partition coefficient (Wildman–Crippen LogP) is 3.83. The molecule has 6 rings (SSSR count). The van der Waals surface area contributed by atoms with Crippen molar-refractivity contribution in [1.29, 1.82) is 0 Å². The molecule has 9 atom stereocenters. The number of benzene rings is 1. The summed E-state index contributed by atoms with van der Waals surface area (Å²) in [5.41, 5.74) is 0.805. The van der Waals surface area contributed by atoms with E-state index >= 15 is 0 Å². The number of fused-ring (bicyclic) bond motifs is 3. The average molecular weight is 529 g/mol. The lowest BCUT2D eigenvalue weighted by molar-refractivity contribution is -0.145. The Balaban J connectivity index is 1.46. The Morgan fingerprint density at radius 2 is 1.90 bits per heavy atom. The number of ether oxygens (including phenoxy) is 1. The summed E-state index contributed by atoms with van der Waals surface area (Å²) in [6.45, 7) is 7.90. The van der Waals surface area contributed by atoms with Crippen LogP contribution in [0.4, 0.5) is 0 Å². The molecular formula is C32H36N2O5. The standard InChI is InChI=1S/C32H36N2O5/c1-17-8-7-10-22-29-31(4,39-29)19(3)27-24(15-20-16-33-23-11-6-5-9-21(20)23)34-30(38)32(22,27)26(36)13-12-25(35)28(37)18(2)14-17/h5-7,9-14,16-17,19,22,24,27-29,33,37H,8,15H2,1-4H3,(H,34,38)/b10-7+,13-12+,18-14-. The van der Waals surface area contributed by atoms with Crippen LogP contribution in [0.1, 0.15) is 39.7 Å². The lowest BCUT2D eigenvalue weighted by atomic mass is 9.51. The van der Waals surface area contributed by atoms with Gasteiger partial charge in [0.15, 0.2) is 11.6 Å². The molecule has 9 unspecified atom stereocenters. The van der Waals surface area contributed by atoms with Crippen molar-refractivity contribution in [3.05, 3.63) is 72.0 Å². The topological polar surface area (TPSA) is 112 Å². The zero-order valence-electron chi connectivity index (χ0n) is 22.8. The highest BCUT2D eigenvalue weighted by Gasteiger charge is 2.78. The van der Waals surface area contributed by atoms with E-state index in [0.717, 1.165) is 22.5 Å². The van der Waals surface area contributed by atoms with Crippen molar-refractivity contribution in [3.8, 4) is 0 Å². The Labute approximate surface area is 228 Å². The number of ketones is 2. The summed E-state index contributed by atoms with van der Waals surface area (Å²) in [6, 6.07) is 7.77. The van der Waals surface area contributed by atoms with Crippen LogP contribution >= 0.6 is 0 Å². The molecule has 1 saturated carbocycles. The van der Waals surface area contributed by atoms with E-state index in [0.29, 0.717) is 18.4 Å². The molecule has 3 fully saturated rings. The number of aromatic amines is 1. The van der Waals surface area contributed by atoms with Crippen molar-refractivity contribution in [1.82, 2.24) is 10.3 Å². The van der Waals surface area contributed by atoms with E-state index in [-0.39, 0.29) is 35.8 Å². The van der Waals surface area contributed by atoms with E-state index in [4.69, 9.17) is 4.74 Å². The molecule has 2 aliphatic carbocycles. The quantitative estimate of drug-likeness (QED) is 0.312. The Kier molecular flexibility index (Phi) is 6.08. The SMILES string of the molecule is C/C1=C/C(C)C/C=C/C2C3OC3(C)C(C)C3C(Cc4c[nH]c5ccccc45)NC(=O)C23C(=O)/C=C/C(=O)C1O. The molecule has 1 amide bonds. The highest BCUT2D eigenvalue weighted by molar-refractivity contribution is 6.15. The summed E-state index contributed by atoms with van der Waals surface area (Å²) in [5, 5.41) is 14.9. The molecule has 7 nitrogen and oxygen atoms in total. The summed E-state index contributed by atoms with van der Waals surface area (Å²) in [5.74, 6) is -2.11. The fourth-order valence-electron chi connectivity index (χ4n) is 7.66. The minimum atomic E-state index is -1.41. The van der Waals surface area contributed by atoms with Gasteiger partial charge in [0.25, 0.3) is 0 Å². The zero-order chi connectivity index (χ0) is 27.7. The molecule has 39 heavy (non-hydrogen) atoms. The van der Waals surface area contributed by atoms with Crippen LogP contribution in [0.2, 0.25) is 0 Å². The van der Waals surface area contributed by atoms with Crippen LogP contribution < -0.4 is 5.32 Å². The van der Waals surface area contributed by atoms with Gasteiger partial charge in [0.1, 0.15) is 11.5 Å². The summed E-state index contributed by atoms with van der Waals surface area (Å²) in [6.07, 6.45) is 9.89. The zero-order valence-corrected chi connectivity index (χ0v) is 22.8. The number of aliphatic hydroxyl groups is 1. The number of rotatable bonds is 2. The van der Waals surface area contributed by atoms with Gasteiger partial charge in [0.2, 0.25) is 5.91 Å². The van der Waals surface area contributed by atoms with Crippen LogP contribution in [0.15, 0.2) is 66.4 Å². The van der Waals surface area contributed by atoms with Crippen LogP contribution in [-0.4, -0.2) is 51.4 Å². The van der Waals surface area contributed by atoms with Gasteiger partial charge in [-0.25, -0.2) is 0 Å². The maximum Gasteiger partial charge on any atom is 0.235 e. The summed E-state index contributed by atoms with van der Waals surface area (Å²) in [7, 11) is 0. The van der Waals surface area contributed by atoms with E-state index < -0.39 is 34.6 Å². The first kappa shape index (κ1) is 26.0. The molecule has 3 N–H and O–H groups in total. The number of H-pyrrole nitrogens is 1. The number of amides is 1. The molecule has 1 aromatic heterocycles. The maximum absolute atomic E-state index is 14.2. The Morgan fingerprint density at radius 1 is 1.13 bits per heavy atom. The van der Waals surface area contributed by atoms with Crippen LogP contribution in [-0.2, 0) is 25.5 Å². The van der Waals surface area contributed by atoms with Gasteiger partial charge in [-0.15, -0.1) is 0 Å². The Bertz CT molecular complexity index is 1450. The lowest BCUT2D eigenvalue weighted by Gasteiger charge is -2.45. The van der Waals surface area contributed by atoms with Gasteiger partial charge in [-0.05, 0) is 67.9 Å². The minimum absolute atomic E-state index is 0.0666. The van der Waals surface area contributed by atoms with E-state index in [1.165, 1.54) is 6.08 Å². The second-order valence-electron chi connectivity index (χ2n) is 12.1. The fraction of sp³-hybridized carbons (Fsp3) is 0.469. The number of carbonyl (C=O) groups is 3. The highest BCUT2D eigenvalue weighted by Crippen LogP contribution is 2.66. The number of hydrogen-bond acceptors (Lipinski definition) is 5. The molecule has 0 radical (unpaired) electrons. The second kappa shape index (κ2) is 9.14. The van der Waals surface area contributed by atoms with Crippen molar-refractivity contribution in [2.75, 3.05) is 0 Å². The number of aromatic nitrogens is 1. The number of hydrogen-bond donors (Lipinski definition) is 3. The molecule has 2 aliphatic heterocycles. The lowest BCUT2D eigenvalue weighted by Crippen LogP contribution is -2.58. The molecule has 7 heteroatoms. The van der Waals surface area contributed by atoms with Crippen LogP contribution in [0.25, 0.3) is 10.9 Å². The number of carbonyl (C=O) groups excluding carboxylic acids is 3. The van der Waals surface area contributed by atoms with Crippen LogP contribution in [0.3, 0.4) is 0 Å². The van der Waals surface area contributed by atoms with Gasteiger partial charge in [0.05, 0.1) is 11.7 Å². The predicted molar refractivity (Wildman–Crippen MR) is 148 cm³/mol. The Hall–Kier alpha value is -3.29. The van der Waals surface area contributed by atoms with E-state index in [9.17, 15) is 19.5 Å².